The molecule has 1 aromatic rings. The van der Waals surface area contributed by atoms with E-state index in [0.717, 1.165) is 17.3 Å². The van der Waals surface area contributed by atoms with E-state index in [9.17, 15) is 5.11 Å². The Labute approximate surface area is 106 Å². The molecule has 16 heavy (non-hydrogen) atoms. The van der Waals surface area contributed by atoms with E-state index in [-0.39, 0.29) is 12.1 Å². The summed E-state index contributed by atoms with van der Waals surface area (Å²) in [6.07, 6.45) is 1.63. The van der Waals surface area contributed by atoms with Gasteiger partial charge in [0.05, 0.1) is 16.7 Å². The summed E-state index contributed by atoms with van der Waals surface area (Å²) in [5.41, 5.74) is -0.263. The largest absolute Gasteiger partial charge is 0.394 e. The van der Waals surface area contributed by atoms with E-state index in [0.29, 0.717) is 5.02 Å². The van der Waals surface area contributed by atoms with Crippen LogP contribution in [-0.2, 0) is 0 Å². The number of aromatic nitrogens is 1. The summed E-state index contributed by atoms with van der Waals surface area (Å²) in [7, 11) is 0. The first-order valence-corrected chi connectivity index (χ1v) is 6.56. The molecule has 0 aliphatic rings. The Morgan fingerprint density at radius 1 is 1.56 bits per heavy atom. The van der Waals surface area contributed by atoms with Gasteiger partial charge in [0.2, 0.25) is 0 Å². The van der Waals surface area contributed by atoms with Gasteiger partial charge in [-0.25, -0.2) is 4.98 Å². The normalized spacial score (nSPS) is 14.8. The number of aliphatic hydroxyl groups excluding tert-OH is 1. The standard InChI is InChI=1S/C11H17ClN2OS/c1-3-14-11(2,7-15)8-16-10-5-4-9(12)6-13-10/h4-6,14-15H,3,7-8H2,1-2H3. The zero-order valence-electron chi connectivity index (χ0n) is 9.53. The summed E-state index contributed by atoms with van der Waals surface area (Å²) in [6, 6.07) is 3.71. The molecule has 0 saturated heterocycles. The number of hydrogen-bond acceptors (Lipinski definition) is 4. The second-order valence-corrected chi connectivity index (χ2v) is 5.28. The Bertz CT molecular complexity index is 320. The minimum absolute atomic E-state index is 0.113. The van der Waals surface area contributed by atoms with E-state index in [1.54, 1.807) is 18.0 Å². The number of nitrogens with zero attached hydrogens (tertiary/aromatic N) is 1. The summed E-state index contributed by atoms with van der Waals surface area (Å²) in [6.45, 7) is 4.98. The highest BCUT2D eigenvalue weighted by Crippen LogP contribution is 2.21. The van der Waals surface area contributed by atoms with Crippen molar-refractivity contribution >= 4 is 23.4 Å². The van der Waals surface area contributed by atoms with E-state index in [1.807, 2.05) is 26.0 Å². The molecule has 1 heterocycles. The molecule has 0 amide bonds. The van der Waals surface area contributed by atoms with Crippen LogP contribution in [0.25, 0.3) is 0 Å². The Morgan fingerprint density at radius 2 is 2.31 bits per heavy atom. The highest BCUT2D eigenvalue weighted by atomic mass is 35.5. The van der Waals surface area contributed by atoms with Gasteiger partial charge in [0.1, 0.15) is 0 Å². The third-order valence-electron chi connectivity index (χ3n) is 2.19. The van der Waals surface area contributed by atoms with Crippen molar-refractivity contribution < 1.29 is 5.11 Å². The fourth-order valence-electron chi connectivity index (χ4n) is 1.26. The Kier molecular flexibility index (Phi) is 5.55. The fraction of sp³-hybridized carbons (Fsp3) is 0.545. The maximum absolute atomic E-state index is 9.32. The van der Waals surface area contributed by atoms with Crippen LogP contribution in [0, 0.1) is 0 Å². The van der Waals surface area contributed by atoms with Gasteiger partial charge in [0.15, 0.2) is 0 Å². The maximum Gasteiger partial charge on any atom is 0.0961 e. The molecule has 0 bridgehead atoms. The lowest BCUT2D eigenvalue weighted by Gasteiger charge is -2.27. The van der Waals surface area contributed by atoms with E-state index in [1.165, 1.54) is 0 Å². The highest BCUT2D eigenvalue weighted by molar-refractivity contribution is 7.99. The molecular weight excluding hydrogens is 244 g/mol. The Hall–Kier alpha value is -0.290. The maximum atomic E-state index is 9.32. The Balaban J connectivity index is 2.52. The van der Waals surface area contributed by atoms with Crippen LogP contribution in [0.5, 0.6) is 0 Å². The lowest BCUT2D eigenvalue weighted by molar-refractivity contribution is 0.194. The topological polar surface area (TPSA) is 45.1 Å². The molecule has 0 saturated carbocycles. The van der Waals surface area contributed by atoms with Crippen LogP contribution >= 0.6 is 23.4 Å². The zero-order valence-corrected chi connectivity index (χ0v) is 11.1. The van der Waals surface area contributed by atoms with Gasteiger partial charge in [-0.15, -0.1) is 11.8 Å². The number of rotatable bonds is 6. The first-order valence-electron chi connectivity index (χ1n) is 5.20. The molecule has 1 rings (SSSR count). The van der Waals surface area contributed by atoms with Crippen LogP contribution in [0.4, 0.5) is 0 Å². The van der Waals surface area contributed by atoms with Crippen molar-refractivity contribution in [2.24, 2.45) is 0 Å². The first-order chi connectivity index (χ1) is 7.59. The van der Waals surface area contributed by atoms with Crippen LogP contribution in [0.2, 0.25) is 5.02 Å². The van der Waals surface area contributed by atoms with Crippen LogP contribution < -0.4 is 5.32 Å². The van der Waals surface area contributed by atoms with Crippen molar-refractivity contribution in [3.05, 3.63) is 23.4 Å². The van der Waals surface area contributed by atoms with Crippen LogP contribution in [0.15, 0.2) is 23.4 Å². The lowest BCUT2D eigenvalue weighted by atomic mass is 10.1. The summed E-state index contributed by atoms with van der Waals surface area (Å²) in [5, 5.41) is 14.1. The fourth-order valence-corrected chi connectivity index (χ4v) is 2.32. The SMILES string of the molecule is CCNC(C)(CO)CSc1ccc(Cl)cn1. The van der Waals surface area contributed by atoms with Gasteiger partial charge in [0.25, 0.3) is 0 Å². The second-order valence-electron chi connectivity index (χ2n) is 3.85. The number of pyridine rings is 1. The second kappa shape index (κ2) is 6.45. The molecule has 2 N–H and O–H groups in total. The molecular formula is C11H17ClN2OS. The Morgan fingerprint density at radius 3 is 2.81 bits per heavy atom. The van der Waals surface area contributed by atoms with E-state index < -0.39 is 0 Å². The number of nitrogens with one attached hydrogen (secondary N) is 1. The third-order valence-corrected chi connectivity index (χ3v) is 3.73. The molecule has 1 atom stereocenters. The number of hydrogen-bond donors (Lipinski definition) is 2. The predicted molar refractivity (Wildman–Crippen MR) is 69.1 cm³/mol. The monoisotopic (exact) mass is 260 g/mol. The third kappa shape index (κ3) is 4.29. The summed E-state index contributed by atoms with van der Waals surface area (Å²) in [4.78, 5) is 4.20. The minimum Gasteiger partial charge on any atom is -0.394 e. The van der Waals surface area contributed by atoms with Gasteiger partial charge in [-0.05, 0) is 25.6 Å². The van der Waals surface area contributed by atoms with Crippen molar-refractivity contribution in [2.45, 2.75) is 24.4 Å². The molecule has 1 unspecified atom stereocenters. The van der Waals surface area contributed by atoms with Crippen molar-refractivity contribution in [2.75, 3.05) is 18.9 Å². The molecule has 90 valence electrons. The molecule has 1 aromatic heterocycles. The minimum atomic E-state index is -0.263. The first kappa shape index (κ1) is 13.8. The van der Waals surface area contributed by atoms with Crippen molar-refractivity contribution in [1.29, 1.82) is 0 Å². The summed E-state index contributed by atoms with van der Waals surface area (Å²) >= 11 is 7.36. The molecule has 0 radical (unpaired) electrons. The number of thioether (sulfide) groups is 1. The van der Waals surface area contributed by atoms with Crippen LogP contribution in [-0.4, -0.2) is 34.5 Å². The predicted octanol–water partition coefficient (Wildman–Crippen LogP) is 2.19. The summed E-state index contributed by atoms with van der Waals surface area (Å²) < 4.78 is 0. The van der Waals surface area contributed by atoms with Crippen LogP contribution in [0.3, 0.4) is 0 Å². The van der Waals surface area contributed by atoms with E-state index in [2.05, 4.69) is 10.3 Å². The van der Waals surface area contributed by atoms with Gasteiger partial charge >= 0.3 is 0 Å². The average Bonchev–Trinajstić information content (AvgIpc) is 2.29. The van der Waals surface area contributed by atoms with Gasteiger partial charge in [-0.3, -0.25) is 0 Å². The smallest absolute Gasteiger partial charge is 0.0961 e. The van der Waals surface area contributed by atoms with Gasteiger partial charge in [-0.1, -0.05) is 18.5 Å². The summed E-state index contributed by atoms with van der Waals surface area (Å²) in [5.74, 6) is 0.770. The van der Waals surface area contributed by atoms with Crippen molar-refractivity contribution in [1.82, 2.24) is 10.3 Å². The number of aliphatic hydroxyl groups is 1. The quantitative estimate of drug-likeness (QED) is 0.770. The molecule has 0 fully saturated rings. The molecule has 0 aliphatic carbocycles. The number of halogens is 1. The highest BCUT2D eigenvalue weighted by Gasteiger charge is 2.22. The zero-order chi connectivity index (χ0) is 12.0. The van der Waals surface area contributed by atoms with Crippen LogP contribution in [0.1, 0.15) is 13.8 Å². The number of likely N-dealkylation sites (N-methyl/N-ethyl adjacent to an activating group) is 1. The van der Waals surface area contributed by atoms with Gasteiger partial charge < -0.3 is 10.4 Å². The average molecular weight is 261 g/mol. The van der Waals surface area contributed by atoms with E-state index >= 15 is 0 Å². The van der Waals surface area contributed by atoms with Crippen molar-refractivity contribution in [3.8, 4) is 0 Å². The molecule has 0 aliphatic heterocycles. The molecule has 3 nitrogen and oxygen atoms in total. The molecule has 5 heteroatoms. The molecule has 0 aromatic carbocycles. The molecule has 0 spiro atoms. The van der Waals surface area contributed by atoms with Gasteiger partial charge in [-0.2, -0.15) is 0 Å². The van der Waals surface area contributed by atoms with E-state index in [4.69, 9.17) is 11.6 Å². The van der Waals surface area contributed by atoms with Gasteiger partial charge in [0, 0.05) is 17.5 Å². The van der Waals surface area contributed by atoms with Crippen molar-refractivity contribution in [3.63, 3.8) is 0 Å². The lowest BCUT2D eigenvalue weighted by Crippen LogP contribution is -2.47.